The lowest BCUT2D eigenvalue weighted by atomic mass is 9.95. The number of nitrogens with one attached hydrogen (secondary N) is 1. The van der Waals surface area contributed by atoms with Gasteiger partial charge in [0, 0.05) is 37.9 Å². The van der Waals surface area contributed by atoms with Gasteiger partial charge < -0.3 is 14.6 Å². The molecule has 140 valence electrons. The van der Waals surface area contributed by atoms with Crippen LogP contribution in [-0.2, 0) is 6.54 Å². The third kappa shape index (κ3) is 3.23. The Hall–Kier alpha value is -1.93. The average Bonchev–Trinajstić information content (AvgIpc) is 3.08. The highest BCUT2D eigenvalue weighted by molar-refractivity contribution is 7.15. The van der Waals surface area contributed by atoms with Gasteiger partial charge in [-0.3, -0.25) is 9.69 Å². The highest BCUT2D eigenvalue weighted by Crippen LogP contribution is 2.32. The van der Waals surface area contributed by atoms with Crippen molar-refractivity contribution in [2.75, 3.05) is 26.7 Å². The van der Waals surface area contributed by atoms with Crippen LogP contribution in [0.2, 0.25) is 0 Å². The molecule has 2 aromatic heterocycles. The number of hydrogen-bond donors (Lipinski definition) is 1. The number of ether oxygens (including phenoxy) is 1. The largest absolute Gasteiger partial charge is 0.473 e. The van der Waals surface area contributed by atoms with Gasteiger partial charge in [0.2, 0.25) is 0 Å². The van der Waals surface area contributed by atoms with Gasteiger partial charge in [-0.15, -0.1) is 0 Å². The minimum Gasteiger partial charge on any atom is -0.473 e. The topological polar surface area (TPSA) is 74.3 Å². The highest BCUT2D eigenvalue weighted by atomic mass is 32.1. The van der Waals surface area contributed by atoms with Crippen LogP contribution in [0, 0.1) is 19.8 Å². The molecular weight excluding hydrogens is 350 g/mol. The molecule has 0 aromatic carbocycles. The Morgan fingerprint density at radius 1 is 1.35 bits per heavy atom. The van der Waals surface area contributed by atoms with Crippen LogP contribution in [0.5, 0.6) is 5.19 Å². The molecule has 0 unspecified atom stereocenters. The first-order valence-electron chi connectivity index (χ1n) is 9.08. The minimum absolute atomic E-state index is 0.107. The van der Waals surface area contributed by atoms with Gasteiger partial charge in [-0.05, 0) is 32.6 Å². The van der Waals surface area contributed by atoms with E-state index in [2.05, 4.69) is 31.7 Å². The maximum Gasteiger partial charge on any atom is 0.273 e. The second-order valence-electron chi connectivity index (χ2n) is 7.32. The molecule has 26 heavy (non-hydrogen) atoms. The van der Waals surface area contributed by atoms with Crippen molar-refractivity contribution in [2.45, 2.75) is 39.3 Å². The first kappa shape index (κ1) is 17.5. The lowest BCUT2D eigenvalue weighted by Crippen LogP contribution is -2.47. The number of rotatable bonds is 4. The van der Waals surface area contributed by atoms with Crippen LogP contribution >= 0.6 is 11.3 Å². The number of nitrogens with zero attached hydrogens (tertiary/aromatic N) is 4. The normalized spacial score (nSPS) is 23.3. The molecule has 7 nitrogen and oxygen atoms in total. The molecule has 2 bridgehead atoms. The van der Waals surface area contributed by atoms with Gasteiger partial charge in [0.05, 0.1) is 24.8 Å². The number of amides is 1. The lowest BCUT2D eigenvalue weighted by molar-refractivity contribution is 0.0589. The standard InChI is InChI=1S/C18H25N5O2S/c1-11-15(20-10-19-11)9-22-6-13-4-5-14(8-22)23(7-13)17(24)16-12(2)21-18(25-3)26-16/h10,13-14H,4-9H2,1-3H3,(H,19,20)/t13-,14+/m0/s1. The van der Waals surface area contributed by atoms with E-state index in [4.69, 9.17) is 4.74 Å². The summed E-state index contributed by atoms with van der Waals surface area (Å²) in [5.41, 5.74) is 3.00. The van der Waals surface area contributed by atoms with Crippen LogP contribution in [-0.4, -0.2) is 63.4 Å². The predicted molar refractivity (Wildman–Crippen MR) is 99.6 cm³/mol. The van der Waals surface area contributed by atoms with Gasteiger partial charge >= 0.3 is 0 Å². The number of hydrogen-bond acceptors (Lipinski definition) is 6. The number of H-pyrrole nitrogens is 1. The molecule has 0 spiro atoms. The van der Waals surface area contributed by atoms with E-state index in [1.807, 2.05) is 6.92 Å². The molecule has 5 heterocycles. The van der Waals surface area contributed by atoms with E-state index in [9.17, 15) is 4.79 Å². The van der Waals surface area contributed by atoms with Crippen molar-refractivity contribution in [3.8, 4) is 5.19 Å². The van der Waals surface area contributed by atoms with Crippen LogP contribution in [0.4, 0.5) is 0 Å². The first-order chi connectivity index (χ1) is 12.5. The number of carbonyl (C=O) groups is 1. The van der Waals surface area contributed by atoms with Crippen LogP contribution in [0.3, 0.4) is 0 Å². The number of carbonyl (C=O) groups excluding carboxylic acids is 1. The third-order valence-corrected chi connectivity index (χ3v) is 6.61. The second-order valence-corrected chi connectivity index (χ2v) is 8.28. The zero-order chi connectivity index (χ0) is 18.3. The Balaban J connectivity index is 1.52. The van der Waals surface area contributed by atoms with Crippen molar-refractivity contribution in [3.05, 3.63) is 28.3 Å². The molecule has 5 rings (SSSR count). The molecule has 2 atom stereocenters. The SMILES string of the molecule is COc1nc(C)c(C(=O)N2C[C@H]3CC[C@@H]2CN(Cc2nc[nH]c2C)C3)s1. The zero-order valence-electron chi connectivity index (χ0n) is 15.5. The summed E-state index contributed by atoms with van der Waals surface area (Å²) in [6.45, 7) is 7.55. The Morgan fingerprint density at radius 3 is 2.88 bits per heavy atom. The summed E-state index contributed by atoms with van der Waals surface area (Å²) >= 11 is 1.35. The Bertz CT molecular complexity index is 801. The van der Waals surface area contributed by atoms with Crippen LogP contribution < -0.4 is 4.74 Å². The zero-order valence-corrected chi connectivity index (χ0v) is 16.3. The third-order valence-electron chi connectivity index (χ3n) is 5.50. The number of aryl methyl sites for hydroxylation is 2. The van der Waals surface area contributed by atoms with Crippen LogP contribution in [0.15, 0.2) is 6.33 Å². The molecule has 3 aliphatic rings. The molecule has 0 aliphatic carbocycles. The van der Waals surface area contributed by atoms with Crippen molar-refractivity contribution in [1.29, 1.82) is 0 Å². The van der Waals surface area contributed by atoms with Gasteiger partial charge in [-0.2, -0.15) is 0 Å². The molecule has 1 N–H and O–H groups in total. The maximum atomic E-state index is 13.2. The Labute approximate surface area is 157 Å². The van der Waals surface area contributed by atoms with E-state index < -0.39 is 0 Å². The fourth-order valence-corrected chi connectivity index (χ4v) is 4.94. The maximum absolute atomic E-state index is 13.2. The van der Waals surface area contributed by atoms with Crippen molar-refractivity contribution >= 4 is 17.2 Å². The number of piperidine rings is 1. The quantitative estimate of drug-likeness (QED) is 0.887. The molecule has 8 heteroatoms. The number of fused-ring (bicyclic) bond motifs is 4. The van der Waals surface area contributed by atoms with E-state index >= 15 is 0 Å². The summed E-state index contributed by atoms with van der Waals surface area (Å²) in [6, 6.07) is 0.257. The number of thiazole rings is 1. The van der Waals surface area contributed by atoms with E-state index in [1.165, 1.54) is 17.8 Å². The summed E-state index contributed by atoms with van der Waals surface area (Å²) in [5, 5.41) is 0.557. The monoisotopic (exact) mass is 375 g/mol. The minimum atomic E-state index is 0.107. The summed E-state index contributed by atoms with van der Waals surface area (Å²) in [4.78, 5) is 30.3. The predicted octanol–water partition coefficient (Wildman–Crippen LogP) is 2.23. The molecule has 3 saturated heterocycles. The Morgan fingerprint density at radius 2 is 2.19 bits per heavy atom. The van der Waals surface area contributed by atoms with Crippen molar-refractivity contribution in [1.82, 2.24) is 24.8 Å². The molecule has 0 radical (unpaired) electrons. The van der Waals surface area contributed by atoms with E-state index in [1.54, 1.807) is 13.4 Å². The van der Waals surface area contributed by atoms with Crippen molar-refractivity contribution < 1.29 is 9.53 Å². The number of methoxy groups -OCH3 is 1. The first-order valence-corrected chi connectivity index (χ1v) is 9.90. The van der Waals surface area contributed by atoms with Crippen LogP contribution in [0.25, 0.3) is 0 Å². The fourth-order valence-electron chi connectivity index (χ4n) is 4.10. The average molecular weight is 375 g/mol. The van der Waals surface area contributed by atoms with Gasteiger partial charge in [0.15, 0.2) is 0 Å². The van der Waals surface area contributed by atoms with E-state index in [0.29, 0.717) is 16.0 Å². The fraction of sp³-hybridized carbons (Fsp3) is 0.611. The van der Waals surface area contributed by atoms with Crippen molar-refractivity contribution in [2.24, 2.45) is 5.92 Å². The Kier molecular flexibility index (Phi) is 4.71. The second kappa shape index (κ2) is 7.00. The summed E-state index contributed by atoms with van der Waals surface area (Å²) in [7, 11) is 1.59. The molecule has 3 aliphatic heterocycles. The van der Waals surface area contributed by atoms with E-state index in [-0.39, 0.29) is 11.9 Å². The smallest absolute Gasteiger partial charge is 0.273 e. The van der Waals surface area contributed by atoms with E-state index in [0.717, 1.165) is 49.7 Å². The molecular formula is C18H25N5O2S. The number of aromatic amines is 1. The molecule has 1 amide bonds. The lowest BCUT2D eigenvalue weighted by Gasteiger charge is -2.36. The number of imidazole rings is 1. The van der Waals surface area contributed by atoms with Gasteiger partial charge in [0.25, 0.3) is 11.1 Å². The van der Waals surface area contributed by atoms with Gasteiger partial charge in [-0.1, -0.05) is 11.3 Å². The van der Waals surface area contributed by atoms with Crippen molar-refractivity contribution in [3.63, 3.8) is 0 Å². The number of aromatic nitrogens is 3. The molecule has 3 fully saturated rings. The van der Waals surface area contributed by atoms with Gasteiger partial charge in [0.1, 0.15) is 4.88 Å². The molecule has 2 aromatic rings. The summed E-state index contributed by atoms with van der Waals surface area (Å²) in [6.07, 6.45) is 4.02. The molecule has 0 saturated carbocycles. The summed E-state index contributed by atoms with van der Waals surface area (Å²) < 4.78 is 5.21. The summed E-state index contributed by atoms with van der Waals surface area (Å²) in [5.74, 6) is 0.628. The van der Waals surface area contributed by atoms with Crippen LogP contribution in [0.1, 0.15) is 39.6 Å². The van der Waals surface area contributed by atoms with Gasteiger partial charge in [-0.25, -0.2) is 9.97 Å². The highest BCUT2D eigenvalue weighted by Gasteiger charge is 2.38.